The van der Waals surface area contributed by atoms with Gasteiger partial charge in [0.2, 0.25) is 0 Å². The molecule has 0 aromatic heterocycles. The van der Waals surface area contributed by atoms with Gasteiger partial charge in [0.15, 0.2) is 0 Å². The number of hydrogen-bond acceptors (Lipinski definition) is 3. The summed E-state index contributed by atoms with van der Waals surface area (Å²) in [6.45, 7) is 16.1. The first-order chi connectivity index (χ1) is 15.2. The second-order valence-electron chi connectivity index (χ2n) is 15.3. The number of aliphatic hydroxyl groups is 1. The van der Waals surface area contributed by atoms with Crippen LogP contribution in [-0.4, -0.2) is 28.7 Å². The first-order valence-corrected chi connectivity index (χ1v) is 14.1. The molecule has 1 aliphatic heterocycles. The topological polar surface area (TPSA) is 46.5 Å². The summed E-state index contributed by atoms with van der Waals surface area (Å²) in [5.41, 5.74) is 0.626. The Labute approximate surface area is 201 Å². The minimum absolute atomic E-state index is 0.0515. The predicted octanol–water partition coefficient (Wildman–Crippen LogP) is 6.56. The molecular weight excluding hydrogens is 408 g/mol. The highest BCUT2D eigenvalue weighted by Gasteiger charge is 2.83. The minimum Gasteiger partial charge on any atom is -0.388 e. The van der Waals surface area contributed by atoms with Crippen molar-refractivity contribution in [2.24, 2.45) is 50.7 Å². The van der Waals surface area contributed by atoms with E-state index in [2.05, 4.69) is 34.6 Å². The zero-order valence-corrected chi connectivity index (χ0v) is 22.3. The maximum absolute atomic E-state index is 12.9. The van der Waals surface area contributed by atoms with Crippen LogP contribution in [0, 0.1) is 50.7 Å². The number of rotatable bonds is 1. The Hall–Kier alpha value is -0.410. The van der Waals surface area contributed by atoms with Gasteiger partial charge in [0.1, 0.15) is 5.78 Å². The third kappa shape index (κ3) is 2.58. The molecule has 0 unspecified atom stereocenters. The molecule has 3 nitrogen and oxygen atoms in total. The van der Waals surface area contributed by atoms with Crippen molar-refractivity contribution in [3.05, 3.63) is 0 Å². The molecule has 5 aliphatic carbocycles. The van der Waals surface area contributed by atoms with E-state index in [-0.39, 0.29) is 17.6 Å². The molecule has 6 rings (SSSR count). The largest absolute Gasteiger partial charge is 0.388 e. The third-order valence-electron chi connectivity index (χ3n) is 13.5. The number of ketones is 1. The molecule has 0 amide bonds. The average molecular weight is 457 g/mol. The maximum Gasteiger partial charge on any atom is 0.138 e. The van der Waals surface area contributed by atoms with Gasteiger partial charge in [0.05, 0.1) is 17.8 Å². The van der Waals surface area contributed by atoms with Crippen molar-refractivity contribution in [1.82, 2.24) is 0 Å². The smallest absolute Gasteiger partial charge is 0.138 e. The zero-order valence-electron chi connectivity index (χ0n) is 22.3. The summed E-state index contributed by atoms with van der Waals surface area (Å²) < 4.78 is 6.88. The molecule has 6 aliphatic rings. The Balaban J connectivity index is 1.37. The summed E-state index contributed by atoms with van der Waals surface area (Å²) in [4.78, 5) is 12.9. The van der Waals surface area contributed by atoms with Crippen LogP contribution in [0.2, 0.25) is 0 Å². The molecule has 0 bridgehead atoms. The Bertz CT molecular complexity index is 870. The summed E-state index contributed by atoms with van der Waals surface area (Å²) in [7, 11) is 0. The number of fused-ring (bicyclic) bond motifs is 4. The van der Waals surface area contributed by atoms with Gasteiger partial charge in [-0.05, 0) is 117 Å². The fourth-order valence-corrected chi connectivity index (χ4v) is 11.8. The molecule has 33 heavy (non-hydrogen) atoms. The van der Waals surface area contributed by atoms with Gasteiger partial charge in [-0.15, -0.1) is 0 Å². The highest BCUT2D eigenvalue weighted by atomic mass is 16.5. The summed E-state index contributed by atoms with van der Waals surface area (Å²) in [5.74, 6) is 3.14. The van der Waals surface area contributed by atoms with E-state index in [1.807, 2.05) is 13.8 Å². The molecular formula is C30H48O3. The lowest BCUT2D eigenvalue weighted by atomic mass is 9.42. The lowest BCUT2D eigenvalue weighted by molar-refractivity contribution is -0.157. The molecule has 3 heteroatoms. The Morgan fingerprint density at radius 2 is 1.58 bits per heavy atom. The van der Waals surface area contributed by atoms with E-state index in [1.165, 1.54) is 44.9 Å². The van der Waals surface area contributed by atoms with E-state index >= 15 is 0 Å². The molecule has 10 atom stereocenters. The molecule has 2 spiro atoms. The third-order valence-corrected chi connectivity index (χ3v) is 13.5. The van der Waals surface area contributed by atoms with E-state index < -0.39 is 5.60 Å². The van der Waals surface area contributed by atoms with E-state index in [0.29, 0.717) is 45.2 Å². The Morgan fingerprint density at radius 3 is 2.27 bits per heavy atom. The van der Waals surface area contributed by atoms with E-state index in [4.69, 9.17) is 4.74 Å². The molecule has 1 N–H and O–H groups in total. The maximum atomic E-state index is 12.9. The van der Waals surface area contributed by atoms with Crippen LogP contribution >= 0.6 is 0 Å². The van der Waals surface area contributed by atoms with Crippen LogP contribution in [0.5, 0.6) is 0 Å². The highest BCUT2D eigenvalue weighted by molar-refractivity contribution is 5.86. The summed E-state index contributed by atoms with van der Waals surface area (Å²) in [6, 6.07) is 0. The van der Waals surface area contributed by atoms with Gasteiger partial charge in [-0.3, -0.25) is 4.79 Å². The number of hydrogen-bond donors (Lipinski definition) is 1. The Kier molecular flexibility index (Phi) is 4.51. The molecule has 1 saturated heterocycles. The highest BCUT2D eigenvalue weighted by Crippen LogP contribution is 2.89. The first kappa shape index (κ1) is 23.0. The van der Waals surface area contributed by atoms with Crippen LogP contribution in [0.15, 0.2) is 0 Å². The van der Waals surface area contributed by atoms with E-state index in [0.717, 1.165) is 25.2 Å². The fraction of sp³-hybridized carbons (Fsp3) is 0.967. The van der Waals surface area contributed by atoms with Crippen LogP contribution in [-0.2, 0) is 9.53 Å². The van der Waals surface area contributed by atoms with Gasteiger partial charge >= 0.3 is 0 Å². The first-order valence-electron chi connectivity index (χ1n) is 14.1. The lowest BCUT2D eigenvalue weighted by Crippen LogP contribution is -2.57. The molecule has 0 aromatic carbocycles. The van der Waals surface area contributed by atoms with Crippen molar-refractivity contribution in [3.63, 3.8) is 0 Å². The Morgan fingerprint density at radius 1 is 0.909 bits per heavy atom. The van der Waals surface area contributed by atoms with Crippen LogP contribution in [0.25, 0.3) is 0 Å². The standard InChI is InChI=1S/C30H48O3/c1-18-8-11-23(26(4,5)32)33-19-16-28(7)21-10-9-20-25(2,3)22(31)12-13-29(20)17-30(21,29)15-14-27(28,6)24(18)19/h18-21,23-24,32H,8-17H2,1-7H3/t18-,19-,20-,21-,23+,24+,27+,28-,29+,30-/m0/s1. The summed E-state index contributed by atoms with van der Waals surface area (Å²) >= 11 is 0. The van der Waals surface area contributed by atoms with Crippen LogP contribution in [0.1, 0.15) is 113 Å². The van der Waals surface area contributed by atoms with Crippen LogP contribution in [0.4, 0.5) is 0 Å². The quantitative estimate of drug-likeness (QED) is 0.486. The van der Waals surface area contributed by atoms with E-state index in [9.17, 15) is 9.90 Å². The molecule has 6 fully saturated rings. The minimum atomic E-state index is -0.774. The predicted molar refractivity (Wildman–Crippen MR) is 131 cm³/mol. The van der Waals surface area contributed by atoms with Crippen LogP contribution in [0.3, 0.4) is 0 Å². The van der Waals surface area contributed by atoms with Crippen molar-refractivity contribution in [2.75, 3.05) is 0 Å². The number of Topliss-reactive ketones (excluding diaryl/α,β-unsaturated/α-hetero) is 1. The van der Waals surface area contributed by atoms with Crippen molar-refractivity contribution in [3.8, 4) is 0 Å². The van der Waals surface area contributed by atoms with Crippen molar-refractivity contribution >= 4 is 5.78 Å². The van der Waals surface area contributed by atoms with Gasteiger partial charge < -0.3 is 9.84 Å². The van der Waals surface area contributed by atoms with Gasteiger partial charge in [-0.1, -0.05) is 34.6 Å². The average Bonchev–Trinajstić information content (AvgIpc) is 3.35. The van der Waals surface area contributed by atoms with Gasteiger partial charge in [0.25, 0.3) is 0 Å². The normalized spacial score (nSPS) is 57.2. The van der Waals surface area contributed by atoms with Gasteiger partial charge in [-0.2, -0.15) is 0 Å². The molecule has 0 radical (unpaired) electrons. The fourth-order valence-electron chi connectivity index (χ4n) is 11.8. The monoisotopic (exact) mass is 456 g/mol. The summed E-state index contributed by atoms with van der Waals surface area (Å²) in [5, 5.41) is 10.8. The summed E-state index contributed by atoms with van der Waals surface area (Å²) in [6.07, 6.45) is 12.1. The van der Waals surface area contributed by atoms with Crippen molar-refractivity contribution < 1.29 is 14.6 Å². The number of carbonyl (C=O) groups excluding carboxylic acids is 1. The van der Waals surface area contributed by atoms with E-state index in [1.54, 1.807) is 0 Å². The molecule has 5 saturated carbocycles. The second-order valence-corrected chi connectivity index (χ2v) is 15.3. The van der Waals surface area contributed by atoms with Crippen molar-refractivity contribution in [1.29, 1.82) is 0 Å². The van der Waals surface area contributed by atoms with Gasteiger partial charge in [-0.25, -0.2) is 0 Å². The lowest BCUT2D eigenvalue weighted by Gasteiger charge is -2.62. The molecule has 0 aromatic rings. The van der Waals surface area contributed by atoms with Gasteiger partial charge in [0, 0.05) is 11.8 Å². The van der Waals surface area contributed by atoms with Crippen LogP contribution < -0.4 is 0 Å². The number of carbonyl (C=O) groups is 1. The van der Waals surface area contributed by atoms with Crippen molar-refractivity contribution in [2.45, 2.75) is 130 Å². The zero-order chi connectivity index (χ0) is 23.8. The number of ether oxygens (including phenoxy) is 1. The SMILES string of the molecule is C[C@H]1CC[C@H](C(C)(C)O)O[C@H]2C[C@@]3(C)[C@@H]4CC[C@H]5C(C)(C)C(=O)CC[C@@]56C[C@@]46CC[C@]3(C)[C@@H]21. The molecule has 1 heterocycles. The second kappa shape index (κ2) is 6.47. The molecule has 186 valence electrons.